The average molecular weight is 241 g/mol. The van der Waals surface area contributed by atoms with E-state index in [4.69, 9.17) is 14.9 Å². The number of hydrogen-bond acceptors (Lipinski definition) is 5. The maximum absolute atomic E-state index is 9.50. The van der Waals surface area contributed by atoms with Crippen molar-refractivity contribution >= 4 is 0 Å². The lowest BCUT2D eigenvalue weighted by molar-refractivity contribution is 0.0942. The zero-order valence-electron chi connectivity index (χ0n) is 9.89. The Kier molecular flexibility index (Phi) is 5.76. The molecule has 1 aromatic rings. The molecule has 1 aromatic carbocycles. The fraction of sp³-hybridized carbons (Fsp3) is 0.500. The molecule has 0 bridgehead atoms. The van der Waals surface area contributed by atoms with Gasteiger partial charge in [0.25, 0.3) is 0 Å². The first-order valence-electron chi connectivity index (χ1n) is 5.61. The van der Waals surface area contributed by atoms with E-state index in [1.165, 1.54) is 0 Å². The number of aliphatic hydroxyl groups excluding tert-OH is 2. The first-order chi connectivity index (χ1) is 8.17. The van der Waals surface area contributed by atoms with Crippen LogP contribution in [-0.4, -0.2) is 41.2 Å². The van der Waals surface area contributed by atoms with Gasteiger partial charge in [-0.25, -0.2) is 0 Å². The third-order valence-corrected chi connectivity index (χ3v) is 2.24. The molecular formula is C12H19NO4. The molecule has 1 atom stereocenters. The average Bonchev–Trinajstić information content (AvgIpc) is 2.33. The molecule has 0 amide bonds. The molecule has 0 heterocycles. The van der Waals surface area contributed by atoms with Crippen LogP contribution in [0.5, 0.6) is 11.5 Å². The molecule has 0 aromatic heterocycles. The lowest BCUT2D eigenvalue weighted by Gasteiger charge is -2.11. The molecule has 0 aliphatic heterocycles. The van der Waals surface area contributed by atoms with Crippen molar-refractivity contribution in [3.63, 3.8) is 0 Å². The number of hydrogen-bond donors (Lipinski definition) is 4. The van der Waals surface area contributed by atoms with Crippen molar-refractivity contribution in [1.29, 1.82) is 0 Å². The second kappa shape index (κ2) is 7.11. The third-order valence-electron chi connectivity index (χ3n) is 2.24. The van der Waals surface area contributed by atoms with E-state index in [1.807, 2.05) is 6.92 Å². The normalized spacial score (nSPS) is 12.4. The van der Waals surface area contributed by atoms with Crippen molar-refractivity contribution in [2.24, 2.45) is 0 Å². The molecule has 5 nitrogen and oxygen atoms in total. The van der Waals surface area contributed by atoms with Crippen molar-refractivity contribution < 1.29 is 20.1 Å². The number of ether oxygens (including phenoxy) is 1. The van der Waals surface area contributed by atoms with Crippen LogP contribution in [0.15, 0.2) is 18.2 Å². The molecule has 1 unspecified atom stereocenters. The minimum atomic E-state index is -0.751. The first-order valence-corrected chi connectivity index (χ1v) is 5.61. The van der Waals surface area contributed by atoms with E-state index >= 15 is 0 Å². The summed E-state index contributed by atoms with van der Waals surface area (Å²) in [6.45, 7) is 2.95. The highest BCUT2D eigenvalue weighted by Crippen LogP contribution is 2.26. The molecular weight excluding hydrogens is 222 g/mol. The Morgan fingerprint density at radius 1 is 1.41 bits per heavy atom. The molecule has 1 rings (SSSR count). The number of aliphatic hydroxyl groups is 2. The number of aromatic hydroxyl groups is 1. The van der Waals surface area contributed by atoms with Gasteiger partial charge < -0.3 is 25.4 Å². The van der Waals surface area contributed by atoms with Crippen molar-refractivity contribution in [1.82, 2.24) is 5.32 Å². The standard InChI is InChI=1S/C12H19NO4/c1-2-17-12-5-9(3-4-11(12)16)6-13-7-10(15)8-14/h3-5,10,13-16H,2,6-8H2,1H3. The lowest BCUT2D eigenvalue weighted by Crippen LogP contribution is -2.28. The molecule has 5 heteroatoms. The third kappa shape index (κ3) is 4.60. The van der Waals surface area contributed by atoms with Gasteiger partial charge in [0.15, 0.2) is 11.5 Å². The van der Waals surface area contributed by atoms with Gasteiger partial charge in [-0.3, -0.25) is 0 Å². The second-order valence-corrected chi connectivity index (χ2v) is 3.70. The van der Waals surface area contributed by atoms with Crippen LogP contribution in [0.3, 0.4) is 0 Å². The lowest BCUT2D eigenvalue weighted by atomic mass is 10.2. The summed E-state index contributed by atoms with van der Waals surface area (Å²) in [5.74, 6) is 0.570. The molecule has 0 fully saturated rings. The molecule has 0 saturated heterocycles. The topological polar surface area (TPSA) is 82.0 Å². The van der Waals surface area contributed by atoms with E-state index < -0.39 is 6.10 Å². The van der Waals surface area contributed by atoms with Crippen LogP contribution >= 0.6 is 0 Å². The Hall–Kier alpha value is -1.30. The summed E-state index contributed by atoms with van der Waals surface area (Å²) in [7, 11) is 0. The van der Waals surface area contributed by atoms with Crippen LogP contribution in [0, 0.1) is 0 Å². The van der Waals surface area contributed by atoms with Crippen LogP contribution in [0.2, 0.25) is 0 Å². The number of rotatable bonds is 7. The zero-order chi connectivity index (χ0) is 12.7. The SMILES string of the molecule is CCOc1cc(CNCC(O)CO)ccc1O. The molecule has 4 N–H and O–H groups in total. The van der Waals surface area contributed by atoms with Gasteiger partial charge in [-0.05, 0) is 24.6 Å². The van der Waals surface area contributed by atoms with Crippen molar-refractivity contribution in [3.8, 4) is 11.5 Å². The Labute approximate surface area is 101 Å². The molecule has 0 radical (unpaired) electrons. The molecule has 0 aliphatic carbocycles. The van der Waals surface area contributed by atoms with E-state index in [-0.39, 0.29) is 12.4 Å². The predicted octanol–water partition coefficient (Wildman–Crippen LogP) is 0.234. The van der Waals surface area contributed by atoms with Crippen LogP contribution in [-0.2, 0) is 6.54 Å². The summed E-state index contributed by atoms with van der Waals surface area (Å²) in [6, 6.07) is 5.10. The predicted molar refractivity (Wildman–Crippen MR) is 64.1 cm³/mol. The summed E-state index contributed by atoms with van der Waals surface area (Å²) < 4.78 is 5.26. The Morgan fingerprint density at radius 3 is 2.82 bits per heavy atom. The van der Waals surface area contributed by atoms with Crippen LogP contribution in [0.4, 0.5) is 0 Å². The number of phenolic OH excluding ortho intramolecular Hbond substituents is 1. The fourth-order valence-electron chi connectivity index (χ4n) is 1.39. The molecule has 0 aliphatic rings. The van der Waals surface area contributed by atoms with Gasteiger partial charge in [0, 0.05) is 13.1 Å². The maximum Gasteiger partial charge on any atom is 0.161 e. The van der Waals surface area contributed by atoms with Crippen molar-refractivity contribution in [3.05, 3.63) is 23.8 Å². The highest BCUT2D eigenvalue weighted by molar-refractivity contribution is 5.41. The van der Waals surface area contributed by atoms with E-state index in [2.05, 4.69) is 5.32 Å². The Bertz CT molecular complexity index is 343. The van der Waals surface area contributed by atoms with Crippen molar-refractivity contribution in [2.45, 2.75) is 19.6 Å². The molecule has 96 valence electrons. The monoisotopic (exact) mass is 241 g/mol. The Morgan fingerprint density at radius 2 is 2.18 bits per heavy atom. The van der Waals surface area contributed by atoms with Gasteiger partial charge in [0.05, 0.1) is 19.3 Å². The highest BCUT2D eigenvalue weighted by atomic mass is 16.5. The molecule has 0 saturated carbocycles. The molecule has 0 spiro atoms. The first kappa shape index (κ1) is 13.8. The second-order valence-electron chi connectivity index (χ2n) is 3.70. The van der Waals surface area contributed by atoms with E-state index in [0.29, 0.717) is 25.4 Å². The largest absolute Gasteiger partial charge is 0.504 e. The summed E-state index contributed by atoms with van der Waals surface area (Å²) in [6.07, 6.45) is -0.751. The van der Waals surface area contributed by atoms with Crippen LogP contribution < -0.4 is 10.1 Å². The highest BCUT2D eigenvalue weighted by Gasteiger charge is 2.04. The van der Waals surface area contributed by atoms with E-state index in [0.717, 1.165) is 5.56 Å². The summed E-state index contributed by atoms with van der Waals surface area (Å²) >= 11 is 0. The van der Waals surface area contributed by atoms with Gasteiger partial charge in [-0.2, -0.15) is 0 Å². The maximum atomic E-state index is 9.50. The van der Waals surface area contributed by atoms with Crippen LogP contribution in [0.1, 0.15) is 12.5 Å². The fourth-order valence-corrected chi connectivity index (χ4v) is 1.39. The van der Waals surface area contributed by atoms with Gasteiger partial charge >= 0.3 is 0 Å². The minimum Gasteiger partial charge on any atom is -0.504 e. The van der Waals surface area contributed by atoms with Crippen LogP contribution in [0.25, 0.3) is 0 Å². The summed E-state index contributed by atoms with van der Waals surface area (Å²) in [5, 5.41) is 30.3. The summed E-state index contributed by atoms with van der Waals surface area (Å²) in [5.41, 5.74) is 0.941. The van der Waals surface area contributed by atoms with Gasteiger partial charge in [0.1, 0.15) is 0 Å². The van der Waals surface area contributed by atoms with Gasteiger partial charge in [-0.15, -0.1) is 0 Å². The Balaban J connectivity index is 2.51. The number of nitrogens with one attached hydrogen (secondary N) is 1. The zero-order valence-corrected chi connectivity index (χ0v) is 9.89. The van der Waals surface area contributed by atoms with Crippen molar-refractivity contribution in [2.75, 3.05) is 19.8 Å². The van der Waals surface area contributed by atoms with E-state index in [1.54, 1.807) is 18.2 Å². The smallest absolute Gasteiger partial charge is 0.161 e. The molecule has 17 heavy (non-hydrogen) atoms. The van der Waals surface area contributed by atoms with Gasteiger partial charge in [0.2, 0.25) is 0 Å². The van der Waals surface area contributed by atoms with E-state index in [9.17, 15) is 5.11 Å². The minimum absolute atomic E-state index is 0.117. The number of benzene rings is 1. The summed E-state index contributed by atoms with van der Waals surface area (Å²) in [4.78, 5) is 0. The van der Waals surface area contributed by atoms with Gasteiger partial charge in [-0.1, -0.05) is 6.07 Å². The quantitative estimate of drug-likeness (QED) is 0.549. The number of phenols is 1.